The smallest absolute Gasteiger partial charge is 0.328 e. The molecule has 0 spiro atoms. The van der Waals surface area contributed by atoms with Crippen LogP contribution in [0.15, 0.2) is 35.4 Å². The molecule has 100 valence electrons. The number of carbonyl (C=O) groups is 1. The Morgan fingerprint density at radius 2 is 2.11 bits per heavy atom. The van der Waals surface area contributed by atoms with Crippen LogP contribution in [0.3, 0.4) is 0 Å². The molecule has 19 heavy (non-hydrogen) atoms. The highest BCUT2D eigenvalue weighted by molar-refractivity contribution is 5.91. The van der Waals surface area contributed by atoms with Gasteiger partial charge in [0.05, 0.1) is 0 Å². The van der Waals surface area contributed by atoms with Gasteiger partial charge in [-0.2, -0.15) is 0 Å². The molecule has 0 aliphatic rings. The normalized spacial score (nSPS) is 10.4. The van der Waals surface area contributed by atoms with Gasteiger partial charge in [-0.25, -0.2) is 4.79 Å². The maximum Gasteiger partial charge on any atom is 0.328 e. The number of hydrogen-bond donors (Lipinski definition) is 2. The first-order valence-electron chi connectivity index (χ1n) is 5.85. The summed E-state index contributed by atoms with van der Waals surface area (Å²) >= 11 is 0. The van der Waals surface area contributed by atoms with Crippen molar-refractivity contribution in [2.75, 3.05) is 11.1 Å². The fraction of sp³-hybridized carbons (Fsp3) is 0.231. The Hall–Kier alpha value is -2.50. The van der Waals surface area contributed by atoms with Crippen LogP contribution < -0.4 is 16.7 Å². The standard InChI is InChI=1S/C13H16N4O2/c1-9-3-4-10(7-11(9)14)15-12(18)8-17-6-5-16(2)13(17)19/h3-7H,8,14H2,1-2H3,(H,15,18). The van der Waals surface area contributed by atoms with E-state index in [2.05, 4.69) is 5.32 Å². The molecule has 0 saturated heterocycles. The van der Waals surface area contributed by atoms with Crippen molar-refractivity contribution in [3.8, 4) is 0 Å². The summed E-state index contributed by atoms with van der Waals surface area (Å²) in [6.07, 6.45) is 3.19. The third kappa shape index (κ3) is 2.85. The van der Waals surface area contributed by atoms with Gasteiger partial charge in [0.15, 0.2) is 0 Å². The Labute approximate surface area is 110 Å². The predicted molar refractivity (Wildman–Crippen MR) is 73.9 cm³/mol. The average Bonchev–Trinajstić information content (AvgIpc) is 2.66. The van der Waals surface area contributed by atoms with E-state index >= 15 is 0 Å². The Kier molecular flexibility index (Phi) is 3.41. The van der Waals surface area contributed by atoms with E-state index in [0.29, 0.717) is 11.4 Å². The SMILES string of the molecule is Cc1ccc(NC(=O)Cn2ccn(C)c2=O)cc1N. The number of imidazole rings is 1. The fourth-order valence-corrected chi connectivity index (χ4v) is 1.70. The van der Waals surface area contributed by atoms with Crippen LogP contribution in [0, 0.1) is 6.92 Å². The second-order valence-corrected chi connectivity index (χ2v) is 4.44. The highest BCUT2D eigenvalue weighted by atomic mass is 16.2. The molecule has 0 saturated carbocycles. The largest absolute Gasteiger partial charge is 0.398 e. The van der Waals surface area contributed by atoms with E-state index in [1.165, 1.54) is 9.13 Å². The summed E-state index contributed by atoms with van der Waals surface area (Å²) < 4.78 is 2.75. The molecule has 1 amide bonds. The number of rotatable bonds is 3. The lowest BCUT2D eigenvalue weighted by Gasteiger charge is -2.07. The van der Waals surface area contributed by atoms with Crippen molar-refractivity contribution in [2.24, 2.45) is 7.05 Å². The number of nitrogens with two attached hydrogens (primary N) is 1. The van der Waals surface area contributed by atoms with E-state index < -0.39 is 0 Å². The van der Waals surface area contributed by atoms with Crippen LogP contribution >= 0.6 is 0 Å². The molecule has 2 rings (SSSR count). The maximum atomic E-state index is 11.8. The summed E-state index contributed by atoms with van der Waals surface area (Å²) in [5, 5.41) is 2.71. The summed E-state index contributed by atoms with van der Waals surface area (Å²) in [5.41, 5.74) is 7.74. The molecule has 1 aromatic carbocycles. The van der Waals surface area contributed by atoms with Gasteiger partial charge >= 0.3 is 5.69 Å². The van der Waals surface area contributed by atoms with Crippen molar-refractivity contribution < 1.29 is 4.79 Å². The molecule has 6 nitrogen and oxygen atoms in total. The summed E-state index contributed by atoms with van der Waals surface area (Å²) in [5.74, 6) is -0.267. The zero-order chi connectivity index (χ0) is 14.0. The van der Waals surface area contributed by atoms with Gasteiger partial charge in [-0.1, -0.05) is 6.07 Å². The maximum absolute atomic E-state index is 11.8. The first-order chi connectivity index (χ1) is 8.97. The van der Waals surface area contributed by atoms with E-state index in [0.717, 1.165) is 5.56 Å². The van der Waals surface area contributed by atoms with E-state index in [-0.39, 0.29) is 18.1 Å². The van der Waals surface area contributed by atoms with E-state index in [1.54, 1.807) is 31.6 Å². The molecule has 0 aliphatic heterocycles. The van der Waals surface area contributed by atoms with Crippen LogP contribution in [0.2, 0.25) is 0 Å². The minimum atomic E-state index is -0.267. The Balaban J connectivity index is 2.07. The third-order valence-electron chi connectivity index (χ3n) is 2.89. The first-order valence-corrected chi connectivity index (χ1v) is 5.85. The van der Waals surface area contributed by atoms with Crippen molar-refractivity contribution >= 4 is 17.3 Å². The number of nitrogen functional groups attached to an aromatic ring is 1. The number of carbonyl (C=O) groups excluding carboxylic acids is 1. The van der Waals surface area contributed by atoms with Crippen molar-refractivity contribution in [1.82, 2.24) is 9.13 Å². The highest BCUT2D eigenvalue weighted by Gasteiger charge is 2.07. The molecule has 6 heteroatoms. The molecular weight excluding hydrogens is 244 g/mol. The fourth-order valence-electron chi connectivity index (χ4n) is 1.70. The van der Waals surface area contributed by atoms with E-state index in [9.17, 15) is 9.59 Å². The molecule has 2 aromatic rings. The quantitative estimate of drug-likeness (QED) is 0.798. The predicted octanol–water partition coefficient (Wildman–Crippen LogP) is 0.716. The Morgan fingerprint density at radius 3 is 2.68 bits per heavy atom. The zero-order valence-corrected chi connectivity index (χ0v) is 10.9. The lowest BCUT2D eigenvalue weighted by atomic mass is 10.2. The monoisotopic (exact) mass is 260 g/mol. The van der Waals surface area contributed by atoms with Crippen LogP contribution in [0.25, 0.3) is 0 Å². The van der Waals surface area contributed by atoms with Crippen molar-refractivity contribution in [3.05, 3.63) is 46.6 Å². The summed E-state index contributed by atoms with van der Waals surface area (Å²) in [6.45, 7) is 1.87. The zero-order valence-electron chi connectivity index (χ0n) is 10.9. The van der Waals surface area contributed by atoms with Crippen LogP contribution in [0.1, 0.15) is 5.56 Å². The first kappa shape index (κ1) is 12.9. The van der Waals surface area contributed by atoms with Gasteiger partial charge in [0.2, 0.25) is 5.91 Å². The molecule has 0 radical (unpaired) electrons. The molecule has 0 aliphatic carbocycles. The molecule has 0 bridgehead atoms. The third-order valence-corrected chi connectivity index (χ3v) is 2.89. The van der Waals surface area contributed by atoms with Gasteiger partial charge in [-0.05, 0) is 24.6 Å². The number of amides is 1. The molecule has 0 unspecified atom stereocenters. The minimum absolute atomic E-state index is 0.0204. The van der Waals surface area contributed by atoms with Gasteiger partial charge in [0, 0.05) is 30.8 Å². The number of aryl methyl sites for hydroxylation is 2. The van der Waals surface area contributed by atoms with Gasteiger partial charge in [-0.15, -0.1) is 0 Å². The molecule has 3 N–H and O–H groups in total. The van der Waals surface area contributed by atoms with Gasteiger partial charge in [-0.3, -0.25) is 9.36 Å². The van der Waals surface area contributed by atoms with Gasteiger partial charge in [0.1, 0.15) is 6.54 Å². The van der Waals surface area contributed by atoms with Crippen molar-refractivity contribution in [1.29, 1.82) is 0 Å². The average molecular weight is 260 g/mol. The van der Waals surface area contributed by atoms with Crippen LogP contribution in [0.5, 0.6) is 0 Å². The molecule has 1 aromatic heterocycles. The van der Waals surface area contributed by atoms with Crippen LogP contribution in [-0.2, 0) is 18.4 Å². The van der Waals surface area contributed by atoms with Crippen LogP contribution in [-0.4, -0.2) is 15.0 Å². The Bertz CT molecular complexity index is 670. The van der Waals surface area contributed by atoms with E-state index in [1.807, 2.05) is 13.0 Å². The van der Waals surface area contributed by atoms with Crippen molar-refractivity contribution in [3.63, 3.8) is 0 Å². The van der Waals surface area contributed by atoms with E-state index in [4.69, 9.17) is 5.73 Å². The number of benzene rings is 1. The lowest BCUT2D eigenvalue weighted by molar-refractivity contribution is -0.116. The highest BCUT2D eigenvalue weighted by Crippen LogP contribution is 2.16. The van der Waals surface area contributed by atoms with Crippen molar-refractivity contribution in [2.45, 2.75) is 13.5 Å². The molecule has 1 heterocycles. The Morgan fingerprint density at radius 1 is 1.37 bits per heavy atom. The minimum Gasteiger partial charge on any atom is -0.398 e. The summed E-state index contributed by atoms with van der Waals surface area (Å²) in [6, 6.07) is 5.30. The van der Waals surface area contributed by atoms with Crippen LogP contribution in [0.4, 0.5) is 11.4 Å². The number of nitrogens with one attached hydrogen (secondary N) is 1. The second kappa shape index (κ2) is 5.01. The number of hydrogen-bond acceptors (Lipinski definition) is 3. The van der Waals surface area contributed by atoms with Gasteiger partial charge in [0.25, 0.3) is 0 Å². The second-order valence-electron chi connectivity index (χ2n) is 4.44. The lowest BCUT2D eigenvalue weighted by Crippen LogP contribution is -2.28. The number of nitrogens with zero attached hydrogens (tertiary/aromatic N) is 2. The molecular formula is C13H16N4O2. The summed E-state index contributed by atoms with van der Waals surface area (Å²) in [7, 11) is 1.64. The molecule has 0 fully saturated rings. The summed E-state index contributed by atoms with van der Waals surface area (Å²) in [4.78, 5) is 23.4. The molecule has 0 atom stereocenters. The number of anilines is 2. The van der Waals surface area contributed by atoms with Gasteiger partial charge < -0.3 is 15.6 Å². The topological polar surface area (TPSA) is 82.0 Å². The number of aromatic nitrogens is 2.